The lowest BCUT2D eigenvalue weighted by Gasteiger charge is -2.26. The molecule has 0 bridgehead atoms. The SMILES string of the molecule is CCn1c(CCC(=O)NC2CCCc3ccccc32)nnc1C1Cc2ccccc2C1. The third kappa shape index (κ3) is 4.01. The van der Waals surface area contributed by atoms with E-state index in [0.717, 1.165) is 50.3 Å². The Labute approximate surface area is 183 Å². The van der Waals surface area contributed by atoms with Gasteiger partial charge in [-0.05, 0) is 61.3 Å². The van der Waals surface area contributed by atoms with E-state index in [4.69, 9.17) is 0 Å². The molecule has 0 fully saturated rings. The third-order valence-corrected chi connectivity index (χ3v) is 6.87. The minimum absolute atomic E-state index is 0.0992. The third-order valence-electron chi connectivity index (χ3n) is 6.87. The highest BCUT2D eigenvalue weighted by Gasteiger charge is 2.28. The van der Waals surface area contributed by atoms with Gasteiger partial charge >= 0.3 is 0 Å². The van der Waals surface area contributed by atoms with Gasteiger partial charge in [-0.15, -0.1) is 10.2 Å². The average Bonchev–Trinajstić information content (AvgIpc) is 3.41. The molecule has 0 spiro atoms. The minimum atomic E-state index is 0.0992. The number of nitrogens with one attached hydrogen (secondary N) is 1. The summed E-state index contributed by atoms with van der Waals surface area (Å²) in [6.45, 7) is 2.97. The van der Waals surface area contributed by atoms with Crippen LogP contribution in [0.25, 0.3) is 0 Å². The normalized spacial score (nSPS) is 17.9. The molecule has 0 saturated carbocycles. The van der Waals surface area contributed by atoms with Crippen LogP contribution in [-0.4, -0.2) is 20.7 Å². The fourth-order valence-electron chi connectivity index (χ4n) is 5.32. The van der Waals surface area contributed by atoms with E-state index in [1.807, 2.05) is 0 Å². The van der Waals surface area contributed by atoms with Crippen molar-refractivity contribution in [3.63, 3.8) is 0 Å². The van der Waals surface area contributed by atoms with Crippen LogP contribution in [0.1, 0.15) is 72.0 Å². The van der Waals surface area contributed by atoms with Crippen LogP contribution in [0, 0.1) is 0 Å². The molecule has 1 atom stereocenters. The van der Waals surface area contributed by atoms with Gasteiger partial charge in [0, 0.05) is 25.3 Å². The Morgan fingerprint density at radius 2 is 1.74 bits per heavy atom. The quantitative estimate of drug-likeness (QED) is 0.654. The molecule has 3 aromatic rings. The molecule has 5 nitrogen and oxygen atoms in total. The van der Waals surface area contributed by atoms with Crippen LogP contribution in [0.2, 0.25) is 0 Å². The summed E-state index contributed by atoms with van der Waals surface area (Å²) in [5, 5.41) is 12.3. The van der Waals surface area contributed by atoms with Crippen molar-refractivity contribution in [2.45, 2.75) is 70.4 Å². The van der Waals surface area contributed by atoms with Crippen molar-refractivity contribution >= 4 is 5.91 Å². The van der Waals surface area contributed by atoms with Gasteiger partial charge in [-0.2, -0.15) is 0 Å². The van der Waals surface area contributed by atoms with E-state index in [9.17, 15) is 4.79 Å². The molecule has 5 rings (SSSR count). The smallest absolute Gasteiger partial charge is 0.220 e. The van der Waals surface area contributed by atoms with E-state index in [0.29, 0.717) is 18.8 Å². The maximum Gasteiger partial charge on any atom is 0.220 e. The van der Waals surface area contributed by atoms with Crippen molar-refractivity contribution in [2.75, 3.05) is 0 Å². The van der Waals surface area contributed by atoms with Gasteiger partial charge < -0.3 is 9.88 Å². The van der Waals surface area contributed by atoms with Crippen LogP contribution in [0.4, 0.5) is 0 Å². The molecule has 1 amide bonds. The van der Waals surface area contributed by atoms with Crippen molar-refractivity contribution in [3.05, 3.63) is 82.4 Å². The summed E-state index contributed by atoms with van der Waals surface area (Å²) < 4.78 is 2.22. The number of nitrogens with zero attached hydrogens (tertiary/aromatic N) is 3. The molecule has 1 aromatic heterocycles. The lowest BCUT2D eigenvalue weighted by atomic mass is 9.87. The Hall–Kier alpha value is -2.95. The zero-order valence-electron chi connectivity index (χ0n) is 18.2. The summed E-state index contributed by atoms with van der Waals surface area (Å²) in [5.41, 5.74) is 5.49. The highest BCUT2D eigenvalue weighted by atomic mass is 16.1. The number of carbonyl (C=O) groups excluding carboxylic acids is 1. The summed E-state index contributed by atoms with van der Waals surface area (Å²) in [7, 11) is 0. The van der Waals surface area contributed by atoms with E-state index in [1.165, 1.54) is 22.3 Å². The van der Waals surface area contributed by atoms with E-state index in [1.54, 1.807) is 0 Å². The Kier molecular flexibility index (Phi) is 5.58. The van der Waals surface area contributed by atoms with Gasteiger partial charge in [0.25, 0.3) is 0 Å². The van der Waals surface area contributed by atoms with Crippen LogP contribution >= 0.6 is 0 Å². The summed E-state index contributed by atoms with van der Waals surface area (Å²) in [4.78, 5) is 12.7. The molecule has 2 aliphatic rings. The number of benzene rings is 2. The molecular weight excluding hydrogens is 384 g/mol. The van der Waals surface area contributed by atoms with Crippen molar-refractivity contribution in [1.82, 2.24) is 20.1 Å². The second-order valence-electron chi connectivity index (χ2n) is 8.80. The fraction of sp³-hybridized carbons (Fsp3) is 0.423. The summed E-state index contributed by atoms with van der Waals surface area (Å²) in [6, 6.07) is 17.3. The number of hydrogen-bond acceptors (Lipinski definition) is 3. The topological polar surface area (TPSA) is 59.8 Å². The van der Waals surface area contributed by atoms with Crippen LogP contribution < -0.4 is 5.32 Å². The lowest BCUT2D eigenvalue weighted by Crippen LogP contribution is -2.31. The number of hydrogen-bond donors (Lipinski definition) is 1. The first-order valence-corrected chi connectivity index (χ1v) is 11.6. The maximum atomic E-state index is 12.7. The number of aromatic nitrogens is 3. The van der Waals surface area contributed by atoms with Gasteiger partial charge in [0.05, 0.1) is 6.04 Å². The molecule has 1 unspecified atom stereocenters. The monoisotopic (exact) mass is 414 g/mol. The first kappa shape index (κ1) is 20.0. The highest BCUT2D eigenvalue weighted by molar-refractivity contribution is 5.76. The van der Waals surface area contributed by atoms with Crippen LogP contribution in [0.3, 0.4) is 0 Å². The van der Waals surface area contributed by atoms with Crippen LogP contribution in [0.15, 0.2) is 48.5 Å². The molecule has 2 aliphatic carbocycles. The first-order chi connectivity index (χ1) is 15.2. The minimum Gasteiger partial charge on any atom is -0.349 e. The van der Waals surface area contributed by atoms with Crippen LogP contribution in [0.5, 0.6) is 0 Å². The van der Waals surface area contributed by atoms with Gasteiger partial charge in [0.1, 0.15) is 11.6 Å². The number of carbonyl (C=O) groups is 1. The van der Waals surface area contributed by atoms with Gasteiger partial charge in [0.2, 0.25) is 5.91 Å². The second-order valence-corrected chi connectivity index (χ2v) is 8.80. The summed E-state index contributed by atoms with van der Waals surface area (Å²) in [5.74, 6) is 2.47. The zero-order chi connectivity index (χ0) is 21.2. The van der Waals surface area contributed by atoms with Gasteiger partial charge in [-0.1, -0.05) is 48.5 Å². The molecule has 5 heteroatoms. The predicted molar refractivity (Wildman–Crippen MR) is 121 cm³/mol. The molecule has 0 aliphatic heterocycles. The maximum absolute atomic E-state index is 12.7. The Morgan fingerprint density at radius 1 is 1.03 bits per heavy atom. The first-order valence-electron chi connectivity index (χ1n) is 11.6. The molecular formula is C26H30N4O. The average molecular weight is 415 g/mol. The molecule has 31 heavy (non-hydrogen) atoms. The van der Waals surface area contributed by atoms with Crippen molar-refractivity contribution < 1.29 is 4.79 Å². The number of aryl methyl sites for hydroxylation is 2. The molecule has 1 N–H and O–H groups in total. The van der Waals surface area contributed by atoms with E-state index >= 15 is 0 Å². The largest absolute Gasteiger partial charge is 0.349 e. The van der Waals surface area contributed by atoms with Crippen molar-refractivity contribution in [3.8, 4) is 0 Å². The van der Waals surface area contributed by atoms with Crippen molar-refractivity contribution in [1.29, 1.82) is 0 Å². The highest BCUT2D eigenvalue weighted by Crippen LogP contribution is 2.33. The van der Waals surface area contributed by atoms with E-state index in [-0.39, 0.29) is 11.9 Å². The lowest BCUT2D eigenvalue weighted by molar-refractivity contribution is -0.121. The fourth-order valence-corrected chi connectivity index (χ4v) is 5.32. The number of rotatable bonds is 6. The summed E-state index contributed by atoms with van der Waals surface area (Å²) >= 11 is 0. The Balaban J connectivity index is 1.23. The molecule has 0 saturated heterocycles. The molecule has 2 aromatic carbocycles. The number of fused-ring (bicyclic) bond motifs is 2. The second kappa shape index (κ2) is 8.66. The molecule has 160 valence electrons. The molecule has 1 heterocycles. The van der Waals surface area contributed by atoms with Gasteiger partial charge in [0.15, 0.2) is 0 Å². The van der Waals surface area contributed by atoms with Crippen LogP contribution in [-0.2, 0) is 37.0 Å². The predicted octanol–water partition coefficient (Wildman–Crippen LogP) is 4.31. The number of amides is 1. The van der Waals surface area contributed by atoms with E-state index in [2.05, 4.69) is 75.5 Å². The van der Waals surface area contributed by atoms with E-state index < -0.39 is 0 Å². The van der Waals surface area contributed by atoms with Crippen molar-refractivity contribution in [2.24, 2.45) is 0 Å². The molecule has 0 radical (unpaired) electrons. The van der Waals surface area contributed by atoms with Gasteiger partial charge in [-0.3, -0.25) is 4.79 Å². The summed E-state index contributed by atoms with van der Waals surface area (Å²) in [6.07, 6.45) is 6.36. The zero-order valence-corrected chi connectivity index (χ0v) is 18.2. The van der Waals surface area contributed by atoms with Gasteiger partial charge in [-0.25, -0.2) is 0 Å². The Bertz CT molecular complexity index is 1060. The standard InChI is InChI=1S/C26H30N4O/c1-2-30-24(28-29-26(30)21-16-19-9-3-4-10-20(19)17-21)14-15-25(31)27-23-13-7-11-18-8-5-6-12-22(18)23/h3-6,8-10,12,21,23H,2,7,11,13-17H2,1H3,(H,27,31). The Morgan fingerprint density at radius 3 is 2.48 bits per heavy atom.